The molecular weight excluding hydrogens is 246 g/mol. The molecule has 2 nitrogen and oxygen atoms in total. The zero-order chi connectivity index (χ0) is 12.3. The number of hydrogen-bond acceptors (Lipinski definition) is 2. The first-order chi connectivity index (χ1) is 8.18. The number of rotatable bonds is 3. The standard InChI is InChI=1S/C15H17NO.ClH/c1-11(12-5-3-2-4-6-12)15(16)13-7-9-14(17)10-8-13;/h2-11,15,17H,16H2,1H3;1H. The molecule has 0 fully saturated rings. The first-order valence-electron chi connectivity index (χ1n) is 5.78. The van der Waals surface area contributed by atoms with E-state index in [4.69, 9.17) is 5.73 Å². The van der Waals surface area contributed by atoms with Crippen LogP contribution in [0.2, 0.25) is 0 Å². The number of phenolic OH excluding ortho intramolecular Hbond substituents is 1. The summed E-state index contributed by atoms with van der Waals surface area (Å²) in [7, 11) is 0. The molecule has 2 atom stereocenters. The van der Waals surface area contributed by atoms with Crippen molar-refractivity contribution in [3.63, 3.8) is 0 Å². The Labute approximate surface area is 114 Å². The van der Waals surface area contributed by atoms with Gasteiger partial charge in [0.15, 0.2) is 0 Å². The van der Waals surface area contributed by atoms with Crippen LogP contribution in [0, 0.1) is 0 Å². The molecule has 0 spiro atoms. The van der Waals surface area contributed by atoms with E-state index in [0.717, 1.165) is 5.56 Å². The van der Waals surface area contributed by atoms with E-state index in [9.17, 15) is 5.11 Å². The van der Waals surface area contributed by atoms with Gasteiger partial charge in [0.25, 0.3) is 0 Å². The molecule has 0 radical (unpaired) electrons. The van der Waals surface area contributed by atoms with E-state index in [-0.39, 0.29) is 30.1 Å². The molecule has 0 aromatic heterocycles. The normalized spacial score (nSPS) is 13.4. The molecule has 0 amide bonds. The van der Waals surface area contributed by atoms with Gasteiger partial charge in [0, 0.05) is 12.0 Å². The zero-order valence-electron chi connectivity index (χ0n) is 10.3. The topological polar surface area (TPSA) is 46.2 Å². The van der Waals surface area contributed by atoms with Crippen LogP contribution in [0.4, 0.5) is 0 Å². The van der Waals surface area contributed by atoms with E-state index in [2.05, 4.69) is 19.1 Å². The maximum Gasteiger partial charge on any atom is 0.115 e. The maximum atomic E-state index is 9.25. The van der Waals surface area contributed by atoms with Gasteiger partial charge in [-0.25, -0.2) is 0 Å². The van der Waals surface area contributed by atoms with Gasteiger partial charge in [-0.2, -0.15) is 0 Å². The van der Waals surface area contributed by atoms with Gasteiger partial charge in [-0.05, 0) is 23.3 Å². The molecule has 2 aromatic rings. The van der Waals surface area contributed by atoms with Crippen molar-refractivity contribution >= 4 is 12.4 Å². The number of aromatic hydroxyl groups is 1. The summed E-state index contributed by atoms with van der Waals surface area (Å²) in [6, 6.07) is 17.3. The number of phenols is 1. The Hall–Kier alpha value is -1.51. The molecule has 2 aromatic carbocycles. The van der Waals surface area contributed by atoms with E-state index in [1.54, 1.807) is 12.1 Å². The average molecular weight is 264 g/mol. The Kier molecular flexibility index (Phi) is 5.20. The molecule has 2 rings (SSSR count). The number of benzene rings is 2. The Balaban J connectivity index is 0.00000162. The number of hydrogen-bond donors (Lipinski definition) is 2. The van der Waals surface area contributed by atoms with Crippen molar-refractivity contribution < 1.29 is 5.11 Å². The van der Waals surface area contributed by atoms with Crippen molar-refractivity contribution in [2.24, 2.45) is 5.73 Å². The second-order valence-corrected chi connectivity index (χ2v) is 4.32. The van der Waals surface area contributed by atoms with Gasteiger partial charge >= 0.3 is 0 Å². The average Bonchev–Trinajstić information content (AvgIpc) is 2.39. The van der Waals surface area contributed by atoms with Crippen molar-refractivity contribution in [1.29, 1.82) is 0 Å². The van der Waals surface area contributed by atoms with Crippen LogP contribution in [0.5, 0.6) is 5.75 Å². The van der Waals surface area contributed by atoms with E-state index < -0.39 is 0 Å². The molecule has 2 unspecified atom stereocenters. The Morgan fingerprint density at radius 1 is 0.889 bits per heavy atom. The lowest BCUT2D eigenvalue weighted by Gasteiger charge is -2.20. The Morgan fingerprint density at radius 3 is 2.00 bits per heavy atom. The summed E-state index contributed by atoms with van der Waals surface area (Å²) in [5.74, 6) is 0.522. The second kappa shape index (κ2) is 6.43. The number of halogens is 1. The molecule has 0 aliphatic carbocycles. The van der Waals surface area contributed by atoms with Crippen LogP contribution in [0.25, 0.3) is 0 Å². The summed E-state index contributed by atoms with van der Waals surface area (Å²) >= 11 is 0. The number of nitrogens with two attached hydrogens (primary N) is 1. The lowest BCUT2D eigenvalue weighted by molar-refractivity contribution is 0.474. The molecule has 0 heterocycles. The highest BCUT2D eigenvalue weighted by atomic mass is 35.5. The minimum Gasteiger partial charge on any atom is -0.508 e. The summed E-state index contributed by atoms with van der Waals surface area (Å²) < 4.78 is 0. The monoisotopic (exact) mass is 263 g/mol. The summed E-state index contributed by atoms with van der Waals surface area (Å²) in [4.78, 5) is 0. The predicted octanol–water partition coefficient (Wildman–Crippen LogP) is 3.62. The smallest absolute Gasteiger partial charge is 0.115 e. The van der Waals surface area contributed by atoms with Gasteiger partial charge in [0.2, 0.25) is 0 Å². The molecule has 3 N–H and O–H groups in total. The maximum absolute atomic E-state index is 9.25. The van der Waals surface area contributed by atoms with Gasteiger partial charge in [-0.15, -0.1) is 12.4 Å². The van der Waals surface area contributed by atoms with Gasteiger partial charge in [-0.1, -0.05) is 49.4 Å². The highest BCUT2D eigenvalue weighted by Gasteiger charge is 2.16. The van der Waals surface area contributed by atoms with E-state index in [1.807, 2.05) is 30.3 Å². The third kappa shape index (κ3) is 3.25. The van der Waals surface area contributed by atoms with Crippen molar-refractivity contribution in [3.05, 3.63) is 65.7 Å². The third-order valence-corrected chi connectivity index (χ3v) is 3.14. The van der Waals surface area contributed by atoms with Crippen molar-refractivity contribution in [2.75, 3.05) is 0 Å². The SMILES string of the molecule is CC(c1ccccc1)C(N)c1ccc(O)cc1.Cl. The molecule has 3 heteroatoms. The van der Waals surface area contributed by atoms with Crippen LogP contribution >= 0.6 is 12.4 Å². The first kappa shape index (κ1) is 14.6. The van der Waals surface area contributed by atoms with Gasteiger partial charge < -0.3 is 10.8 Å². The van der Waals surface area contributed by atoms with Crippen LogP contribution in [0.3, 0.4) is 0 Å². The zero-order valence-corrected chi connectivity index (χ0v) is 11.1. The quantitative estimate of drug-likeness (QED) is 0.889. The predicted molar refractivity (Wildman–Crippen MR) is 77.1 cm³/mol. The lowest BCUT2D eigenvalue weighted by atomic mass is 9.89. The third-order valence-electron chi connectivity index (χ3n) is 3.14. The molecular formula is C15H18ClNO. The van der Waals surface area contributed by atoms with E-state index in [1.165, 1.54) is 5.56 Å². The van der Waals surface area contributed by atoms with E-state index >= 15 is 0 Å². The summed E-state index contributed by atoms with van der Waals surface area (Å²) in [5.41, 5.74) is 8.51. The molecule has 96 valence electrons. The van der Waals surface area contributed by atoms with Crippen molar-refractivity contribution in [3.8, 4) is 5.75 Å². The highest BCUT2D eigenvalue weighted by molar-refractivity contribution is 5.85. The largest absolute Gasteiger partial charge is 0.508 e. The van der Waals surface area contributed by atoms with Crippen LogP contribution in [0.1, 0.15) is 30.0 Å². The van der Waals surface area contributed by atoms with E-state index in [0.29, 0.717) is 0 Å². The minimum absolute atomic E-state index is 0. The summed E-state index contributed by atoms with van der Waals surface area (Å²) in [6.45, 7) is 2.12. The van der Waals surface area contributed by atoms with Crippen LogP contribution in [-0.2, 0) is 0 Å². The molecule has 0 aliphatic rings. The van der Waals surface area contributed by atoms with Crippen molar-refractivity contribution in [2.45, 2.75) is 18.9 Å². The summed E-state index contributed by atoms with van der Waals surface area (Å²) in [5, 5.41) is 9.25. The lowest BCUT2D eigenvalue weighted by Crippen LogP contribution is -2.17. The van der Waals surface area contributed by atoms with Gasteiger partial charge in [0.05, 0.1) is 0 Å². The van der Waals surface area contributed by atoms with Crippen LogP contribution in [-0.4, -0.2) is 5.11 Å². The first-order valence-corrected chi connectivity index (χ1v) is 5.78. The van der Waals surface area contributed by atoms with Gasteiger partial charge in [-0.3, -0.25) is 0 Å². The fourth-order valence-electron chi connectivity index (χ4n) is 1.95. The fraction of sp³-hybridized carbons (Fsp3) is 0.200. The Morgan fingerprint density at radius 2 is 1.44 bits per heavy atom. The van der Waals surface area contributed by atoms with Crippen LogP contribution in [0.15, 0.2) is 54.6 Å². The van der Waals surface area contributed by atoms with Crippen molar-refractivity contribution in [1.82, 2.24) is 0 Å². The van der Waals surface area contributed by atoms with Gasteiger partial charge in [0.1, 0.15) is 5.75 Å². The molecule has 18 heavy (non-hydrogen) atoms. The second-order valence-electron chi connectivity index (χ2n) is 4.32. The Bertz CT molecular complexity index is 470. The summed E-state index contributed by atoms with van der Waals surface area (Å²) in [6.07, 6.45) is 0. The van der Waals surface area contributed by atoms with Crippen LogP contribution < -0.4 is 5.73 Å². The molecule has 0 saturated carbocycles. The molecule has 0 bridgehead atoms. The molecule has 0 saturated heterocycles. The fourth-order valence-corrected chi connectivity index (χ4v) is 1.95. The highest BCUT2D eigenvalue weighted by Crippen LogP contribution is 2.28. The molecule has 0 aliphatic heterocycles. The minimum atomic E-state index is -0.0574.